The smallest absolute Gasteiger partial charge is 0.338 e. The second-order valence-corrected chi connectivity index (χ2v) is 5.92. The lowest BCUT2D eigenvalue weighted by atomic mass is 10.1. The van der Waals surface area contributed by atoms with E-state index in [2.05, 4.69) is 10.4 Å². The number of hydrogen-bond donors (Lipinski definition) is 2. The molecule has 0 bridgehead atoms. The number of anilines is 1. The van der Waals surface area contributed by atoms with Crippen LogP contribution in [0.25, 0.3) is 0 Å². The molecule has 0 saturated heterocycles. The van der Waals surface area contributed by atoms with Crippen molar-refractivity contribution in [3.8, 4) is 0 Å². The molecule has 2 rings (SSSR count). The van der Waals surface area contributed by atoms with Crippen molar-refractivity contribution in [2.45, 2.75) is 18.2 Å². The average Bonchev–Trinajstić information content (AvgIpc) is 2.85. The monoisotopic (exact) mass is 305 g/mol. The van der Waals surface area contributed by atoms with E-state index in [0.29, 0.717) is 17.8 Å². The van der Waals surface area contributed by atoms with Crippen LogP contribution >= 0.6 is 11.8 Å². The molecular weight excluding hydrogens is 286 g/mol. The molecular formula is C15H19N3O2S. The van der Waals surface area contributed by atoms with Gasteiger partial charge in [0.05, 0.1) is 11.8 Å². The fraction of sp³-hybridized carbons (Fsp3) is 0.333. The molecule has 0 unspecified atom stereocenters. The maximum absolute atomic E-state index is 11.5. The van der Waals surface area contributed by atoms with Crippen molar-refractivity contribution in [1.29, 1.82) is 0 Å². The molecule has 0 spiro atoms. The molecule has 2 N–H and O–H groups in total. The highest BCUT2D eigenvalue weighted by Gasteiger charge is 2.15. The van der Waals surface area contributed by atoms with Gasteiger partial charge in [0.25, 0.3) is 0 Å². The van der Waals surface area contributed by atoms with Crippen LogP contribution in [-0.2, 0) is 13.5 Å². The van der Waals surface area contributed by atoms with E-state index >= 15 is 0 Å². The van der Waals surface area contributed by atoms with Gasteiger partial charge in [-0.1, -0.05) is 13.0 Å². The molecule has 0 aliphatic heterocycles. The Balaban J connectivity index is 2.08. The van der Waals surface area contributed by atoms with Gasteiger partial charge in [0.1, 0.15) is 0 Å². The van der Waals surface area contributed by atoms with E-state index in [1.807, 2.05) is 44.6 Å². The lowest BCUT2D eigenvalue weighted by molar-refractivity contribution is 0.0694. The summed E-state index contributed by atoms with van der Waals surface area (Å²) >= 11 is 1.54. The number of hydrogen-bond acceptors (Lipinski definition) is 4. The van der Waals surface area contributed by atoms with Crippen LogP contribution in [0.15, 0.2) is 35.5 Å². The molecule has 6 heteroatoms. The number of thioether (sulfide) groups is 1. The van der Waals surface area contributed by atoms with Crippen LogP contribution in [0.5, 0.6) is 0 Å². The number of nitrogens with zero attached hydrogens (tertiary/aromatic N) is 2. The molecule has 0 fully saturated rings. The zero-order valence-electron chi connectivity index (χ0n) is 12.2. The quantitative estimate of drug-likeness (QED) is 0.770. The number of carboxylic acids is 1. The fourth-order valence-electron chi connectivity index (χ4n) is 2.12. The number of rotatable bonds is 7. The molecule has 0 radical (unpaired) electrons. The molecule has 112 valence electrons. The highest BCUT2D eigenvalue weighted by atomic mass is 32.2. The summed E-state index contributed by atoms with van der Waals surface area (Å²) < 4.78 is 1.76. The SMILES string of the molecule is CCSc1cccc(NCCc2cnn(C)c2)c1C(=O)O. The second-order valence-electron chi connectivity index (χ2n) is 4.62. The third-order valence-corrected chi connectivity index (χ3v) is 3.97. The van der Waals surface area contributed by atoms with E-state index in [1.165, 1.54) is 0 Å². The van der Waals surface area contributed by atoms with E-state index in [1.54, 1.807) is 16.4 Å². The number of carboxylic acid groups (broad SMARTS) is 1. The minimum atomic E-state index is -0.893. The van der Waals surface area contributed by atoms with Crippen LogP contribution in [0.3, 0.4) is 0 Å². The number of carbonyl (C=O) groups is 1. The van der Waals surface area contributed by atoms with Crippen LogP contribution in [0.2, 0.25) is 0 Å². The molecule has 0 amide bonds. The Kier molecular flexibility index (Phi) is 5.27. The highest BCUT2D eigenvalue weighted by molar-refractivity contribution is 7.99. The maximum atomic E-state index is 11.5. The summed E-state index contributed by atoms with van der Waals surface area (Å²) in [6.45, 7) is 2.69. The summed E-state index contributed by atoms with van der Waals surface area (Å²) in [6, 6.07) is 5.55. The lowest BCUT2D eigenvalue weighted by Gasteiger charge is -2.12. The van der Waals surface area contributed by atoms with Crippen LogP contribution in [0.1, 0.15) is 22.8 Å². The van der Waals surface area contributed by atoms with E-state index < -0.39 is 5.97 Å². The number of aromatic carboxylic acids is 1. The Morgan fingerprint density at radius 3 is 2.90 bits per heavy atom. The van der Waals surface area contributed by atoms with Crippen molar-refractivity contribution >= 4 is 23.4 Å². The van der Waals surface area contributed by atoms with Crippen molar-refractivity contribution in [2.75, 3.05) is 17.6 Å². The fourth-order valence-corrected chi connectivity index (χ4v) is 2.94. The summed E-state index contributed by atoms with van der Waals surface area (Å²) in [5.41, 5.74) is 2.15. The summed E-state index contributed by atoms with van der Waals surface area (Å²) in [6.07, 6.45) is 4.59. The topological polar surface area (TPSA) is 67.2 Å². The number of benzene rings is 1. The number of aromatic nitrogens is 2. The molecule has 1 aromatic heterocycles. The first kappa shape index (κ1) is 15.4. The highest BCUT2D eigenvalue weighted by Crippen LogP contribution is 2.28. The average molecular weight is 305 g/mol. The van der Waals surface area contributed by atoms with Gasteiger partial charge in [0, 0.05) is 30.4 Å². The van der Waals surface area contributed by atoms with Gasteiger partial charge < -0.3 is 10.4 Å². The predicted molar refractivity (Wildman–Crippen MR) is 85.2 cm³/mol. The zero-order valence-corrected chi connectivity index (χ0v) is 13.0. The number of aryl methyl sites for hydroxylation is 1. The van der Waals surface area contributed by atoms with Gasteiger partial charge >= 0.3 is 5.97 Å². The molecule has 1 aromatic carbocycles. The molecule has 0 saturated carbocycles. The Labute approximate surface area is 128 Å². The zero-order chi connectivity index (χ0) is 15.2. The van der Waals surface area contributed by atoms with Crippen LogP contribution in [0.4, 0.5) is 5.69 Å². The molecule has 0 aliphatic carbocycles. The molecule has 1 heterocycles. The van der Waals surface area contributed by atoms with Crippen molar-refractivity contribution in [3.05, 3.63) is 41.7 Å². The van der Waals surface area contributed by atoms with Gasteiger partial charge in [-0.15, -0.1) is 11.8 Å². The van der Waals surface area contributed by atoms with Gasteiger partial charge in [-0.25, -0.2) is 4.79 Å². The third kappa shape index (κ3) is 4.01. The van der Waals surface area contributed by atoms with Crippen molar-refractivity contribution < 1.29 is 9.90 Å². The second kappa shape index (κ2) is 7.17. The third-order valence-electron chi connectivity index (χ3n) is 3.03. The van der Waals surface area contributed by atoms with E-state index in [9.17, 15) is 9.90 Å². The summed E-state index contributed by atoms with van der Waals surface area (Å²) in [4.78, 5) is 12.3. The summed E-state index contributed by atoms with van der Waals surface area (Å²) in [5.74, 6) is -0.0465. The van der Waals surface area contributed by atoms with Crippen molar-refractivity contribution in [1.82, 2.24) is 9.78 Å². The Morgan fingerprint density at radius 2 is 2.29 bits per heavy atom. The molecule has 21 heavy (non-hydrogen) atoms. The van der Waals surface area contributed by atoms with Crippen LogP contribution < -0.4 is 5.32 Å². The predicted octanol–water partition coefficient (Wildman–Crippen LogP) is 2.88. The summed E-state index contributed by atoms with van der Waals surface area (Å²) in [5, 5.41) is 16.8. The van der Waals surface area contributed by atoms with E-state index in [-0.39, 0.29) is 0 Å². The molecule has 0 atom stereocenters. The normalized spacial score (nSPS) is 10.6. The van der Waals surface area contributed by atoms with Crippen molar-refractivity contribution in [3.63, 3.8) is 0 Å². The van der Waals surface area contributed by atoms with Crippen molar-refractivity contribution in [2.24, 2.45) is 7.05 Å². The lowest BCUT2D eigenvalue weighted by Crippen LogP contribution is -2.10. The summed E-state index contributed by atoms with van der Waals surface area (Å²) in [7, 11) is 1.88. The Hall–Kier alpha value is -1.95. The minimum Gasteiger partial charge on any atom is -0.478 e. The first-order valence-electron chi connectivity index (χ1n) is 6.82. The first-order chi connectivity index (χ1) is 10.1. The van der Waals surface area contributed by atoms with E-state index in [0.717, 1.165) is 22.6 Å². The van der Waals surface area contributed by atoms with E-state index in [4.69, 9.17) is 0 Å². The van der Waals surface area contributed by atoms with Gasteiger partial charge in [0.2, 0.25) is 0 Å². The van der Waals surface area contributed by atoms with Crippen LogP contribution in [0, 0.1) is 0 Å². The Bertz CT molecular complexity index is 625. The molecule has 2 aromatic rings. The van der Waals surface area contributed by atoms with Crippen LogP contribution in [-0.4, -0.2) is 33.2 Å². The Morgan fingerprint density at radius 1 is 1.48 bits per heavy atom. The molecule has 0 aliphatic rings. The van der Waals surface area contributed by atoms with Gasteiger partial charge in [-0.3, -0.25) is 4.68 Å². The number of nitrogens with one attached hydrogen (secondary N) is 1. The molecule has 5 nitrogen and oxygen atoms in total. The standard InChI is InChI=1S/C15H19N3O2S/c1-3-21-13-6-4-5-12(14(13)15(19)20)16-8-7-11-9-17-18(2)10-11/h4-6,9-10,16H,3,7-8H2,1-2H3,(H,19,20). The minimum absolute atomic E-state index is 0.357. The largest absolute Gasteiger partial charge is 0.478 e. The van der Waals surface area contributed by atoms with Gasteiger partial charge in [-0.05, 0) is 29.9 Å². The van der Waals surface area contributed by atoms with Gasteiger partial charge in [0.15, 0.2) is 0 Å². The maximum Gasteiger partial charge on any atom is 0.338 e. The first-order valence-corrected chi connectivity index (χ1v) is 7.81. The van der Waals surface area contributed by atoms with Gasteiger partial charge in [-0.2, -0.15) is 5.10 Å².